The highest BCUT2D eigenvalue weighted by Gasteiger charge is 2.22. The van der Waals surface area contributed by atoms with E-state index in [0.717, 1.165) is 32.0 Å². The second-order valence-corrected chi connectivity index (χ2v) is 7.16. The van der Waals surface area contributed by atoms with Crippen molar-refractivity contribution in [2.75, 3.05) is 46.3 Å². The van der Waals surface area contributed by atoms with Gasteiger partial charge >= 0.3 is 0 Å². The molecule has 1 N–H and O–H groups in total. The Morgan fingerprint density at radius 2 is 2.08 bits per heavy atom. The van der Waals surface area contributed by atoms with Crippen LogP contribution in [0.4, 0.5) is 0 Å². The first-order valence-electron chi connectivity index (χ1n) is 9.98. The van der Waals surface area contributed by atoms with E-state index in [1.807, 2.05) is 0 Å². The third-order valence-corrected chi connectivity index (χ3v) is 4.97. The van der Waals surface area contributed by atoms with Gasteiger partial charge in [-0.25, -0.2) is 0 Å². The molecule has 1 aromatic carbocycles. The molecule has 1 aliphatic heterocycles. The van der Waals surface area contributed by atoms with E-state index in [9.17, 15) is 0 Å². The van der Waals surface area contributed by atoms with Gasteiger partial charge in [-0.05, 0) is 44.2 Å². The normalized spacial score (nSPS) is 18.5. The number of guanidine groups is 1. The Kier molecular flexibility index (Phi) is 8.81. The Morgan fingerprint density at radius 3 is 2.80 bits per heavy atom. The number of hydrogen-bond acceptors (Lipinski definition) is 2. The summed E-state index contributed by atoms with van der Waals surface area (Å²) in [5.41, 5.74) is 1.44. The van der Waals surface area contributed by atoms with Gasteiger partial charge in [0.1, 0.15) is 0 Å². The number of benzene rings is 1. The predicted octanol–water partition coefficient (Wildman–Crippen LogP) is 3.25. The van der Waals surface area contributed by atoms with Gasteiger partial charge in [-0.15, -0.1) is 0 Å². The summed E-state index contributed by atoms with van der Waals surface area (Å²) in [5.74, 6) is 1.77. The van der Waals surface area contributed by atoms with Crippen molar-refractivity contribution in [1.82, 2.24) is 15.1 Å². The summed E-state index contributed by atoms with van der Waals surface area (Å²) in [6, 6.07) is 10.8. The van der Waals surface area contributed by atoms with Gasteiger partial charge in [0.2, 0.25) is 0 Å². The molecule has 1 heterocycles. The highest BCUT2D eigenvalue weighted by Crippen LogP contribution is 2.17. The van der Waals surface area contributed by atoms with Crippen LogP contribution in [0.15, 0.2) is 35.3 Å². The van der Waals surface area contributed by atoms with Gasteiger partial charge < -0.3 is 15.1 Å². The number of nitrogens with zero attached hydrogens (tertiary/aromatic N) is 3. The molecule has 1 unspecified atom stereocenters. The average Bonchev–Trinajstić information content (AvgIpc) is 3.10. The maximum atomic E-state index is 4.91. The molecule has 25 heavy (non-hydrogen) atoms. The average molecular weight is 345 g/mol. The van der Waals surface area contributed by atoms with E-state index < -0.39 is 0 Å². The lowest BCUT2D eigenvalue weighted by Gasteiger charge is -2.22. The zero-order chi connectivity index (χ0) is 17.9. The number of unbranched alkanes of at least 4 members (excludes halogenated alkanes) is 1. The summed E-state index contributed by atoms with van der Waals surface area (Å²) >= 11 is 0. The van der Waals surface area contributed by atoms with Crippen LogP contribution in [0.2, 0.25) is 0 Å². The van der Waals surface area contributed by atoms with E-state index in [1.165, 1.54) is 44.5 Å². The summed E-state index contributed by atoms with van der Waals surface area (Å²) in [6.45, 7) is 10.9. The van der Waals surface area contributed by atoms with Crippen LogP contribution in [0.1, 0.15) is 38.7 Å². The first kappa shape index (κ1) is 19.8. The highest BCUT2D eigenvalue weighted by atomic mass is 15.3. The van der Waals surface area contributed by atoms with Crippen LogP contribution in [0.25, 0.3) is 0 Å². The molecule has 1 aromatic rings. The number of aliphatic imine (C=N–C) groups is 1. The summed E-state index contributed by atoms with van der Waals surface area (Å²) in [4.78, 5) is 9.78. The summed E-state index contributed by atoms with van der Waals surface area (Å²) < 4.78 is 0. The quantitative estimate of drug-likeness (QED) is 0.551. The van der Waals surface area contributed by atoms with E-state index in [0.29, 0.717) is 5.92 Å². The summed E-state index contributed by atoms with van der Waals surface area (Å²) in [6.07, 6.45) is 4.87. The lowest BCUT2D eigenvalue weighted by Crippen LogP contribution is -2.39. The smallest absolute Gasteiger partial charge is 0.193 e. The van der Waals surface area contributed by atoms with E-state index in [4.69, 9.17) is 4.99 Å². The summed E-state index contributed by atoms with van der Waals surface area (Å²) in [7, 11) is 2.15. The van der Waals surface area contributed by atoms with Crippen molar-refractivity contribution in [1.29, 1.82) is 0 Å². The van der Waals surface area contributed by atoms with Crippen molar-refractivity contribution in [2.45, 2.75) is 39.5 Å². The lowest BCUT2D eigenvalue weighted by atomic mass is 10.1. The topological polar surface area (TPSA) is 30.9 Å². The van der Waals surface area contributed by atoms with Crippen LogP contribution >= 0.6 is 0 Å². The fourth-order valence-electron chi connectivity index (χ4n) is 3.38. The maximum Gasteiger partial charge on any atom is 0.193 e. The Bertz CT molecular complexity index is 500. The zero-order valence-corrected chi connectivity index (χ0v) is 16.4. The molecule has 1 aliphatic rings. The molecule has 1 fully saturated rings. The monoisotopic (exact) mass is 344 g/mol. The second kappa shape index (κ2) is 11.1. The van der Waals surface area contributed by atoms with E-state index in [1.54, 1.807) is 0 Å². The van der Waals surface area contributed by atoms with Gasteiger partial charge in [0.15, 0.2) is 5.96 Å². The van der Waals surface area contributed by atoms with Crippen molar-refractivity contribution >= 4 is 5.96 Å². The fourth-order valence-corrected chi connectivity index (χ4v) is 3.38. The number of hydrogen-bond donors (Lipinski definition) is 1. The van der Waals surface area contributed by atoms with Crippen molar-refractivity contribution in [3.63, 3.8) is 0 Å². The highest BCUT2D eigenvalue weighted by molar-refractivity contribution is 5.79. The van der Waals surface area contributed by atoms with Gasteiger partial charge in [0, 0.05) is 39.8 Å². The van der Waals surface area contributed by atoms with Gasteiger partial charge in [0.25, 0.3) is 0 Å². The van der Waals surface area contributed by atoms with Crippen LogP contribution in [-0.4, -0.2) is 62.1 Å². The van der Waals surface area contributed by atoms with Crippen LogP contribution in [-0.2, 0) is 6.42 Å². The van der Waals surface area contributed by atoms with Gasteiger partial charge in [-0.2, -0.15) is 0 Å². The first-order chi connectivity index (χ1) is 12.2. The molecule has 4 heteroatoms. The third kappa shape index (κ3) is 7.07. The molecule has 0 saturated carbocycles. The molecule has 0 aliphatic carbocycles. The number of nitrogens with one attached hydrogen (secondary N) is 1. The summed E-state index contributed by atoms with van der Waals surface area (Å²) in [5, 5.41) is 3.44. The Labute approximate surface area is 154 Å². The van der Waals surface area contributed by atoms with Crippen molar-refractivity contribution < 1.29 is 0 Å². The van der Waals surface area contributed by atoms with Crippen LogP contribution in [0, 0.1) is 5.92 Å². The van der Waals surface area contributed by atoms with Crippen LogP contribution in [0.3, 0.4) is 0 Å². The minimum atomic E-state index is 0.698. The van der Waals surface area contributed by atoms with Crippen LogP contribution < -0.4 is 5.32 Å². The maximum absolute atomic E-state index is 4.91. The second-order valence-electron chi connectivity index (χ2n) is 7.16. The standard InChI is InChI=1S/C21H36N4/c1-4-6-14-24(3)21(22-5-2)23-17-20-13-16-25(18-20)15-12-19-10-8-7-9-11-19/h7-11,20H,4-6,12-18H2,1-3H3,(H,22,23). The number of likely N-dealkylation sites (tertiary alicyclic amines) is 1. The van der Waals surface area contributed by atoms with Crippen LogP contribution in [0.5, 0.6) is 0 Å². The molecule has 2 rings (SSSR count). The fraction of sp³-hybridized carbons (Fsp3) is 0.667. The van der Waals surface area contributed by atoms with Crippen molar-refractivity contribution in [2.24, 2.45) is 10.9 Å². The largest absolute Gasteiger partial charge is 0.357 e. The Hall–Kier alpha value is -1.55. The lowest BCUT2D eigenvalue weighted by molar-refractivity contribution is 0.329. The predicted molar refractivity (Wildman–Crippen MR) is 108 cm³/mol. The Morgan fingerprint density at radius 1 is 1.28 bits per heavy atom. The molecule has 0 bridgehead atoms. The minimum Gasteiger partial charge on any atom is -0.357 e. The number of rotatable bonds is 9. The van der Waals surface area contributed by atoms with Crippen molar-refractivity contribution in [3.05, 3.63) is 35.9 Å². The SMILES string of the molecule is CCCCN(C)C(=NCC1CCN(CCc2ccccc2)C1)NCC. The molecule has 1 atom stereocenters. The molecule has 4 nitrogen and oxygen atoms in total. The molecule has 0 radical (unpaired) electrons. The Balaban J connectivity index is 1.76. The third-order valence-electron chi connectivity index (χ3n) is 4.97. The van der Waals surface area contributed by atoms with Gasteiger partial charge in [0.05, 0.1) is 0 Å². The van der Waals surface area contributed by atoms with Gasteiger partial charge in [-0.3, -0.25) is 4.99 Å². The van der Waals surface area contributed by atoms with Crippen molar-refractivity contribution in [3.8, 4) is 0 Å². The molecule has 140 valence electrons. The molecule has 0 amide bonds. The molecule has 0 aromatic heterocycles. The molecule has 0 spiro atoms. The molecular weight excluding hydrogens is 308 g/mol. The van der Waals surface area contributed by atoms with E-state index >= 15 is 0 Å². The molecular formula is C21H36N4. The van der Waals surface area contributed by atoms with Gasteiger partial charge in [-0.1, -0.05) is 43.7 Å². The zero-order valence-electron chi connectivity index (χ0n) is 16.4. The first-order valence-corrected chi connectivity index (χ1v) is 9.98. The van der Waals surface area contributed by atoms with E-state index in [-0.39, 0.29) is 0 Å². The molecule has 1 saturated heterocycles. The minimum absolute atomic E-state index is 0.698. The van der Waals surface area contributed by atoms with E-state index in [2.05, 4.69) is 66.3 Å².